The maximum atomic E-state index is 5.65. The molecule has 4 nitrogen and oxygen atoms in total. The number of hydrogen-bond donors (Lipinski definition) is 1. The summed E-state index contributed by atoms with van der Waals surface area (Å²) in [5, 5.41) is 4.08. The van der Waals surface area contributed by atoms with Crippen molar-refractivity contribution >= 4 is 5.69 Å². The number of aryl methyl sites for hydroxylation is 1. The van der Waals surface area contributed by atoms with Crippen LogP contribution >= 0.6 is 0 Å². The van der Waals surface area contributed by atoms with Crippen LogP contribution in [0.2, 0.25) is 0 Å². The lowest BCUT2D eigenvalue weighted by Crippen LogP contribution is -2.08. The number of rotatable bonds is 4. The first-order chi connectivity index (χ1) is 7.75. The fraction of sp³-hybridized carbons (Fsp3) is 0.250. The van der Waals surface area contributed by atoms with Gasteiger partial charge in [-0.15, -0.1) is 0 Å². The molecule has 1 aromatic heterocycles. The van der Waals surface area contributed by atoms with E-state index in [4.69, 9.17) is 10.5 Å². The monoisotopic (exact) mass is 217 g/mol. The van der Waals surface area contributed by atoms with Gasteiger partial charge < -0.3 is 10.5 Å². The van der Waals surface area contributed by atoms with Crippen LogP contribution in [-0.4, -0.2) is 16.4 Å². The van der Waals surface area contributed by atoms with E-state index in [2.05, 4.69) is 5.10 Å². The molecule has 0 radical (unpaired) electrons. The van der Waals surface area contributed by atoms with E-state index >= 15 is 0 Å². The van der Waals surface area contributed by atoms with Crippen molar-refractivity contribution in [3.05, 3.63) is 42.2 Å². The van der Waals surface area contributed by atoms with Crippen LogP contribution in [0.4, 0.5) is 5.69 Å². The lowest BCUT2D eigenvalue weighted by molar-refractivity contribution is 0.289. The number of anilines is 1. The number of nitrogen functional groups attached to an aromatic ring is 1. The molecule has 2 aromatic rings. The van der Waals surface area contributed by atoms with Gasteiger partial charge in [-0.25, -0.2) is 0 Å². The zero-order chi connectivity index (χ0) is 11.4. The number of nitrogens with two attached hydrogens (primary N) is 1. The van der Waals surface area contributed by atoms with Crippen LogP contribution < -0.4 is 10.5 Å². The van der Waals surface area contributed by atoms with Gasteiger partial charge in [0.2, 0.25) is 0 Å². The summed E-state index contributed by atoms with van der Waals surface area (Å²) in [5.41, 5.74) is 7.38. The lowest BCUT2D eigenvalue weighted by Gasteiger charge is -2.08. The smallest absolute Gasteiger partial charge is 0.122 e. The van der Waals surface area contributed by atoms with Crippen molar-refractivity contribution in [3.8, 4) is 5.75 Å². The minimum Gasteiger partial charge on any atom is -0.491 e. The molecule has 4 heteroatoms. The highest BCUT2D eigenvalue weighted by Gasteiger charge is 1.98. The third-order valence-corrected chi connectivity index (χ3v) is 2.32. The van der Waals surface area contributed by atoms with Crippen molar-refractivity contribution in [2.24, 2.45) is 0 Å². The summed E-state index contributed by atoms with van der Waals surface area (Å²) in [5.74, 6) is 0.919. The number of aromatic nitrogens is 2. The lowest BCUT2D eigenvalue weighted by atomic mass is 10.2. The molecule has 2 rings (SSSR count). The number of benzene rings is 1. The molecule has 16 heavy (non-hydrogen) atoms. The van der Waals surface area contributed by atoms with E-state index in [9.17, 15) is 0 Å². The highest BCUT2D eigenvalue weighted by molar-refractivity contribution is 5.32. The van der Waals surface area contributed by atoms with Crippen LogP contribution in [0, 0.1) is 6.92 Å². The van der Waals surface area contributed by atoms with Crippen LogP contribution in [0.5, 0.6) is 5.75 Å². The highest BCUT2D eigenvalue weighted by Crippen LogP contribution is 2.15. The van der Waals surface area contributed by atoms with Gasteiger partial charge >= 0.3 is 0 Å². The van der Waals surface area contributed by atoms with E-state index < -0.39 is 0 Å². The Kier molecular flexibility index (Phi) is 3.10. The van der Waals surface area contributed by atoms with E-state index in [0.29, 0.717) is 18.8 Å². The number of ether oxygens (including phenoxy) is 1. The van der Waals surface area contributed by atoms with Crippen molar-refractivity contribution in [1.29, 1.82) is 0 Å². The first-order valence-electron chi connectivity index (χ1n) is 5.22. The molecule has 0 aliphatic rings. The molecule has 0 aliphatic heterocycles. The van der Waals surface area contributed by atoms with Gasteiger partial charge in [0.15, 0.2) is 0 Å². The first kappa shape index (κ1) is 10.5. The molecule has 0 spiro atoms. The van der Waals surface area contributed by atoms with Crippen molar-refractivity contribution in [1.82, 2.24) is 9.78 Å². The topological polar surface area (TPSA) is 53.1 Å². The fourth-order valence-electron chi connectivity index (χ4n) is 1.47. The maximum Gasteiger partial charge on any atom is 0.122 e. The van der Waals surface area contributed by atoms with Crippen LogP contribution in [0.25, 0.3) is 0 Å². The predicted octanol–water partition coefficient (Wildman–Crippen LogP) is 1.85. The molecule has 0 unspecified atom stereocenters. The van der Waals surface area contributed by atoms with Gasteiger partial charge in [-0.05, 0) is 18.6 Å². The molecule has 0 atom stereocenters. The Balaban J connectivity index is 1.87. The number of para-hydroxylation sites is 1. The molecule has 84 valence electrons. The Labute approximate surface area is 94.6 Å². The molecule has 0 fully saturated rings. The van der Waals surface area contributed by atoms with E-state index in [1.165, 1.54) is 0 Å². The largest absolute Gasteiger partial charge is 0.491 e. The summed E-state index contributed by atoms with van der Waals surface area (Å²) in [4.78, 5) is 0. The quantitative estimate of drug-likeness (QED) is 0.850. The molecule has 1 heterocycles. The number of nitrogens with zero attached hydrogens (tertiary/aromatic N) is 2. The Bertz CT molecular complexity index is 465. The summed E-state index contributed by atoms with van der Waals surface area (Å²) >= 11 is 0. The van der Waals surface area contributed by atoms with Crippen LogP contribution in [0.3, 0.4) is 0 Å². The third kappa shape index (κ3) is 2.53. The van der Waals surface area contributed by atoms with Gasteiger partial charge in [-0.1, -0.05) is 18.2 Å². The molecule has 0 aliphatic carbocycles. The Morgan fingerprint density at radius 2 is 2.19 bits per heavy atom. The van der Waals surface area contributed by atoms with Crippen LogP contribution in [0.15, 0.2) is 36.7 Å². The maximum absolute atomic E-state index is 5.65. The van der Waals surface area contributed by atoms with Gasteiger partial charge in [0.25, 0.3) is 0 Å². The summed E-state index contributed by atoms with van der Waals surface area (Å²) in [6.07, 6.45) is 3.43. The van der Waals surface area contributed by atoms with Crippen molar-refractivity contribution in [2.75, 3.05) is 12.3 Å². The van der Waals surface area contributed by atoms with E-state index in [1.807, 2.05) is 31.2 Å². The summed E-state index contributed by atoms with van der Waals surface area (Å²) in [6, 6.07) is 7.96. The Morgan fingerprint density at radius 1 is 1.38 bits per heavy atom. The molecular formula is C12H15N3O. The second-order valence-electron chi connectivity index (χ2n) is 3.65. The molecule has 2 N–H and O–H groups in total. The SMILES string of the molecule is Cc1ccccc1OCCn1cc(N)cn1. The molecule has 0 saturated heterocycles. The number of hydrogen-bond acceptors (Lipinski definition) is 3. The Morgan fingerprint density at radius 3 is 2.88 bits per heavy atom. The normalized spacial score (nSPS) is 10.3. The summed E-state index contributed by atoms with van der Waals surface area (Å²) in [6.45, 7) is 3.32. The van der Waals surface area contributed by atoms with Crippen molar-refractivity contribution < 1.29 is 4.74 Å². The molecule has 0 saturated carbocycles. The molecular weight excluding hydrogens is 202 g/mol. The van der Waals surface area contributed by atoms with Gasteiger partial charge in [-0.3, -0.25) is 4.68 Å². The second kappa shape index (κ2) is 4.70. The minimum absolute atomic E-state index is 0.589. The van der Waals surface area contributed by atoms with Gasteiger partial charge in [-0.2, -0.15) is 5.10 Å². The second-order valence-corrected chi connectivity index (χ2v) is 3.65. The standard InChI is InChI=1S/C12H15N3O/c1-10-4-2-3-5-12(10)16-7-6-15-9-11(13)8-14-15/h2-5,8-9H,6-7,13H2,1H3. The van der Waals surface area contributed by atoms with Crippen molar-refractivity contribution in [2.45, 2.75) is 13.5 Å². The Hall–Kier alpha value is -1.97. The predicted molar refractivity (Wildman–Crippen MR) is 63.3 cm³/mol. The fourth-order valence-corrected chi connectivity index (χ4v) is 1.47. The first-order valence-corrected chi connectivity index (χ1v) is 5.22. The zero-order valence-electron chi connectivity index (χ0n) is 9.26. The average molecular weight is 217 g/mol. The van der Waals surface area contributed by atoms with Crippen molar-refractivity contribution in [3.63, 3.8) is 0 Å². The molecule has 0 bridgehead atoms. The highest BCUT2D eigenvalue weighted by atomic mass is 16.5. The van der Waals surface area contributed by atoms with Gasteiger partial charge in [0.1, 0.15) is 12.4 Å². The summed E-state index contributed by atoms with van der Waals surface area (Å²) in [7, 11) is 0. The molecule has 1 aromatic carbocycles. The third-order valence-electron chi connectivity index (χ3n) is 2.32. The molecule has 0 amide bonds. The zero-order valence-corrected chi connectivity index (χ0v) is 9.26. The van der Waals surface area contributed by atoms with Gasteiger partial charge in [0.05, 0.1) is 18.4 Å². The average Bonchev–Trinajstić information content (AvgIpc) is 2.67. The van der Waals surface area contributed by atoms with E-state index in [1.54, 1.807) is 17.1 Å². The van der Waals surface area contributed by atoms with Crippen LogP contribution in [0.1, 0.15) is 5.56 Å². The van der Waals surface area contributed by atoms with E-state index in [0.717, 1.165) is 11.3 Å². The van der Waals surface area contributed by atoms with Crippen LogP contribution in [-0.2, 0) is 6.54 Å². The summed E-state index contributed by atoms with van der Waals surface area (Å²) < 4.78 is 7.42. The minimum atomic E-state index is 0.589. The van der Waals surface area contributed by atoms with E-state index in [-0.39, 0.29) is 0 Å². The van der Waals surface area contributed by atoms with Gasteiger partial charge in [0, 0.05) is 6.20 Å².